The van der Waals surface area contributed by atoms with Gasteiger partial charge in [0.15, 0.2) is 0 Å². The van der Waals surface area contributed by atoms with Crippen LogP contribution in [-0.4, -0.2) is 13.1 Å². The highest BCUT2D eigenvalue weighted by Crippen LogP contribution is 2.63. The summed E-state index contributed by atoms with van der Waals surface area (Å²) in [5.74, 6) is 0.751. The van der Waals surface area contributed by atoms with Crippen molar-refractivity contribution in [3.05, 3.63) is 22.4 Å². The molecule has 0 amide bonds. The van der Waals surface area contributed by atoms with E-state index in [0.717, 1.165) is 17.9 Å². The lowest BCUT2D eigenvalue weighted by Crippen LogP contribution is -2.53. The Balaban J connectivity index is 1.68. The zero-order valence-electron chi connectivity index (χ0n) is 12.4. The average molecular weight is 277 g/mol. The highest BCUT2D eigenvalue weighted by atomic mass is 32.1. The minimum atomic E-state index is 0.466. The van der Waals surface area contributed by atoms with Crippen LogP contribution in [0.5, 0.6) is 0 Å². The van der Waals surface area contributed by atoms with E-state index in [-0.39, 0.29) is 0 Å². The molecule has 1 heterocycles. The summed E-state index contributed by atoms with van der Waals surface area (Å²) in [6, 6.07) is 4.59. The molecule has 1 aromatic heterocycles. The molecule has 2 aliphatic carbocycles. The summed E-state index contributed by atoms with van der Waals surface area (Å²) in [4.78, 5) is 1.63. The second-order valence-corrected chi connectivity index (χ2v) is 8.29. The van der Waals surface area contributed by atoms with Gasteiger partial charge in [0.2, 0.25) is 0 Å². The lowest BCUT2D eigenvalue weighted by atomic mass is 9.51. The zero-order valence-corrected chi connectivity index (χ0v) is 13.2. The van der Waals surface area contributed by atoms with E-state index in [1.807, 2.05) is 11.3 Å². The summed E-state index contributed by atoms with van der Waals surface area (Å²) < 4.78 is 0. The first-order chi connectivity index (χ1) is 9.14. The van der Waals surface area contributed by atoms with Crippen LogP contribution in [0, 0.1) is 11.3 Å². The van der Waals surface area contributed by atoms with E-state index in [0.29, 0.717) is 5.41 Å². The van der Waals surface area contributed by atoms with E-state index in [4.69, 9.17) is 0 Å². The van der Waals surface area contributed by atoms with Gasteiger partial charge < -0.3 is 5.32 Å². The highest BCUT2D eigenvalue weighted by molar-refractivity contribution is 7.10. The van der Waals surface area contributed by atoms with Crippen molar-refractivity contribution >= 4 is 11.3 Å². The molecule has 0 aliphatic heterocycles. The molecule has 3 rings (SSSR count). The third kappa shape index (κ3) is 2.62. The topological polar surface area (TPSA) is 12.0 Å². The molecule has 0 saturated heterocycles. The Bertz CT molecular complexity index is 393. The Morgan fingerprint density at radius 2 is 2.00 bits per heavy atom. The van der Waals surface area contributed by atoms with E-state index in [9.17, 15) is 0 Å². The fourth-order valence-corrected chi connectivity index (χ4v) is 5.36. The second kappa shape index (κ2) is 5.21. The molecular formula is C17H27NS. The smallest absolute Gasteiger partial charge is 0.0182 e. The Kier molecular flexibility index (Phi) is 3.74. The van der Waals surface area contributed by atoms with Crippen LogP contribution in [0.25, 0.3) is 0 Å². The van der Waals surface area contributed by atoms with Gasteiger partial charge in [0, 0.05) is 16.8 Å². The third-order valence-corrected chi connectivity index (χ3v) is 6.27. The van der Waals surface area contributed by atoms with Crippen LogP contribution in [0.4, 0.5) is 0 Å². The third-order valence-electron chi connectivity index (χ3n) is 5.15. The molecule has 0 atom stereocenters. The number of rotatable bonds is 5. The van der Waals surface area contributed by atoms with Crippen LogP contribution in [0.2, 0.25) is 0 Å². The van der Waals surface area contributed by atoms with E-state index < -0.39 is 0 Å². The molecule has 2 fully saturated rings. The van der Waals surface area contributed by atoms with Gasteiger partial charge in [0.1, 0.15) is 0 Å². The Hall–Kier alpha value is -0.340. The SMILES string of the molecule is CC(C)CNCC1(c2cccs2)CC2(CCCC2)C1. The largest absolute Gasteiger partial charge is 0.316 e. The Morgan fingerprint density at radius 3 is 2.58 bits per heavy atom. The van der Waals surface area contributed by atoms with Crippen molar-refractivity contribution in [1.29, 1.82) is 0 Å². The molecule has 0 aromatic carbocycles. The summed E-state index contributed by atoms with van der Waals surface area (Å²) in [7, 11) is 0. The van der Waals surface area contributed by atoms with Gasteiger partial charge in [0.05, 0.1) is 0 Å². The molecule has 0 radical (unpaired) electrons. The standard InChI is InChI=1S/C17H27NS/c1-14(2)10-18-13-17(15-6-5-9-19-15)11-16(12-17)7-3-4-8-16/h5-6,9,14,18H,3-4,7-8,10-13H2,1-2H3. The van der Waals surface area contributed by atoms with E-state index >= 15 is 0 Å². The lowest BCUT2D eigenvalue weighted by molar-refractivity contribution is 0.0290. The van der Waals surface area contributed by atoms with E-state index in [1.165, 1.54) is 45.1 Å². The molecule has 1 N–H and O–H groups in total. The van der Waals surface area contributed by atoms with Gasteiger partial charge >= 0.3 is 0 Å². The van der Waals surface area contributed by atoms with Crippen LogP contribution >= 0.6 is 11.3 Å². The first-order valence-electron chi connectivity index (χ1n) is 7.89. The summed E-state index contributed by atoms with van der Waals surface area (Å²) in [6.45, 7) is 6.93. The van der Waals surface area contributed by atoms with Gasteiger partial charge in [-0.3, -0.25) is 0 Å². The maximum absolute atomic E-state index is 3.73. The van der Waals surface area contributed by atoms with Crippen molar-refractivity contribution < 1.29 is 0 Å². The Labute approximate surface area is 121 Å². The van der Waals surface area contributed by atoms with Crippen molar-refractivity contribution in [2.75, 3.05) is 13.1 Å². The van der Waals surface area contributed by atoms with Gasteiger partial charge in [-0.25, -0.2) is 0 Å². The first kappa shape index (κ1) is 13.6. The van der Waals surface area contributed by atoms with Crippen molar-refractivity contribution in [2.24, 2.45) is 11.3 Å². The molecule has 2 aliphatic rings. The number of nitrogens with one attached hydrogen (secondary N) is 1. The van der Waals surface area contributed by atoms with Crippen molar-refractivity contribution in [1.82, 2.24) is 5.32 Å². The predicted octanol–water partition coefficient (Wildman–Crippen LogP) is 4.59. The van der Waals surface area contributed by atoms with Crippen molar-refractivity contribution in [3.8, 4) is 0 Å². The van der Waals surface area contributed by atoms with Crippen LogP contribution < -0.4 is 5.32 Å². The molecule has 2 heteroatoms. The van der Waals surface area contributed by atoms with Crippen LogP contribution in [0.1, 0.15) is 57.2 Å². The fourth-order valence-electron chi connectivity index (χ4n) is 4.43. The van der Waals surface area contributed by atoms with Gasteiger partial charge in [-0.2, -0.15) is 0 Å². The van der Waals surface area contributed by atoms with E-state index in [2.05, 4.69) is 36.7 Å². The maximum atomic E-state index is 3.73. The monoisotopic (exact) mass is 277 g/mol. The molecule has 0 bridgehead atoms. The fraction of sp³-hybridized carbons (Fsp3) is 0.765. The first-order valence-corrected chi connectivity index (χ1v) is 8.77. The maximum Gasteiger partial charge on any atom is 0.0182 e. The average Bonchev–Trinajstić information content (AvgIpc) is 2.97. The molecule has 19 heavy (non-hydrogen) atoms. The van der Waals surface area contributed by atoms with Crippen LogP contribution in [-0.2, 0) is 5.41 Å². The highest BCUT2D eigenvalue weighted by Gasteiger charge is 2.55. The van der Waals surface area contributed by atoms with Gasteiger partial charge in [-0.1, -0.05) is 32.8 Å². The Morgan fingerprint density at radius 1 is 1.26 bits per heavy atom. The van der Waals surface area contributed by atoms with Crippen LogP contribution in [0.3, 0.4) is 0 Å². The summed E-state index contributed by atoms with van der Waals surface area (Å²) in [6.07, 6.45) is 8.80. The molecule has 106 valence electrons. The molecule has 1 aromatic rings. The summed E-state index contributed by atoms with van der Waals surface area (Å²) in [5, 5.41) is 5.98. The molecule has 1 nitrogen and oxygen atoms in total. The van der Waals surface area contributed by atoms with E-state index in [1.54, 1.807) is 4.88 Å². The number of hydrogen-bond donors (Lipinski definition) is 1. The molecule has 1 spiro atoms. The summed E-state index contributed by atoms with van der Waals surface area (Å²) >= 11 is 1.97. The zero-order chi connectivity index (χ0) is 13.3. The van der Waals surface area contributed by atoms with Gasteiger partial charge in [-0.15, -0.1) is 11.3 Å². The number of thiophene rings is 1. The molecular weight excluding hydrogens is 250 g/mol. The molecule has 2 saturated carbocycles. The number of hydrogen-bond acceptors (Lipinski definition) is 2. The van der Waals surface area contributed by atoms with Gasteiger partial charge in [-0.05, 0) is 55.0 Å². The predicted molar refractivity (Wildman–Crippen MR) is 83.8 cm³/mol. The van der Waals surface area contributed by atoms with Gasteiger partial charge in [0.25, 0.3) is 0 Å². The van der Waals surface area contributed by atoms with Crippen LogP contribution in [0.15, 0.2) is 17.5 Å². The minimum absolute atomic E-state index is 0.466. The lowest BCUT2D eigenvalue weighted by Gasteiger charge is -2.55. The second-order valence-electron chi connectivity index (χ2n) is 7.34. The molecule has 0 unspecified atom stereocenters. The quantitative estimate of drug-likeness (QED) is 0.830. The minimum Gasteiger partial charge on any atom is -0.316 e. The normalized spacial score (nSPS) is 23.9. The van der Waals surface area contributed by atoms with Crippen molar-refractivity contribution in [2.45, 2.75) is 57.8 Å². The van der Waals surface area contributed by atoms with Crippen molar-refractivity contribution in [3.63, 3.8) is 0 Å². The summed E-state index contributed by atoms with van der Waals surface area (Å²) in [5.41, 5.74) is 1.19.